The van der Waals surface area contributed by atoms with E-state index in [2.05, 4.69) is 0 Å². The molecule has 0 unspecified atom stereocenters. The maximum absolute atomic E-state index is 13.9. The minimum atomic E-state index is -3.94. The summed E-state index contributed by atoms with van der Waals surface area (Å²) < 4.78 is 34.6. The number of carbonyl (C=O) groups excluding carboxylic acids is 1. The summed E-state index contributed by atoms with van der Waals surface area (Å²) in [5, 5.41) is 9.54. The van der Waals surface area contributed by atoms with Crippen molar-refractivity contribution in [3.63, 3.8) is 0 Å². The second-order valence-electron chi connectivity index (χ2n) is 8.25. The molecule has 0 radical (unpaired) electrons. The van der Waals surface area contributed by atoms with Crippen LogP contribution in [0.1, 0.15) is 17.5 Å². The summed E-state index contributed by atoms with van der Waals surface area (Å²) in [5.74, 6) is 0.514. The molecule has 2 aromatic carbocycles. The standard InChI is InChI=1S/C25H24N2O4S3/c1-31-22-4-2-20-3-5-23(13-21(20)12-22)34(29,30)27(15-19-8-11-33-17-19)24-6-9-26(25(24)28)14-18-7-10-32-16-18/h2-5,7-8,10-13,16-17,24H,6,9,14-15H2,1H3/t24-/m0/s1. The lowest BCUT2D eigenvalue weighted by molar-refractivity contribution is -0.131. The van der Waals surface area contributed by atoms with E-state index in [0.717, 1.165) is 21.9 Å². The van der Waals surface area contributed by atoms with Crippen molar-refractivity contribution in [1.29, 1.82) is 0 Å². The van der Waals surface area contributed by atoms with E-state index >= 15 is 0 Å². The van der Waals surface area contributed by atoms with Crippen LogP contribution in [0.2, 0.25) is 0 Å². The Kier molecular flexibility index (Phi) is 6.44. The second kappa shape index (κ2) is 9.50. The van der Waals surface area contributed by atoms with Crippen LogP contribution in [-0.2, 0) is 27.9 Å². The topological polar surface area (TPSA) is 66.9 Å². The molecule has 0 aliphatic carbocycles. The molecule has 2 aromatic heterocycles. The highest BCUT2D eigenvalue weighted by atomic mass is 32.2. The molecule has 34 heavy (non-hydrogen) atoms. The summed E-state index contributed by atoms with van der Waals surface area (Å²) >= 11 is 3.10. The molecule has 1 saturated heterocycles. The zero-order valence-electron chi connectivity index (χ0n) is 18.6. The molecule has 0 spiro atoms. The van der Waals surface area contributed by atoms with Gasteiger partial charge in [0.05, 0.1) is 12.0 Å². The van der Waals surface area contributed by atoms with Crippen molar-refractivity contribution in [3.8, 4) is 5.75 Å². The molecular weight excluding hydrogens is 488 g/mol. The Morgan fingerprint density at radius 2 is 1.74 bits per heavy atom. The van der Waals surface area contributed by atoms with E-state index in [-0.39, 0.29) is 17.3 Å². The van der Waals surface area contributed by atoms with E-state index in [9.17, 15) is 13.2 Å². The smallest absolute Gasteiger partial charge is 0.244 e. The van der Waals surface area contributed by atoms with Crippen LogP contribution in [0.5, 0.6) is 5.75 Å². The van der Waals surface area contributed by atoms with Crippen LogP contribution in [0.3, 0.4) is 0 Å². The molecule has 0 N–H and O–H groups in total. The van der Waals surface area contributed by atoms with Gasteiger partial charge in [-0.1, -0.05) is 12.1 Å². The number of amides is 1. The average Bonchev–Trinajstić information content (AvgIpc) is 3.61. The zero-order valence-corrected chi connectivity index (χ0v) is 21.0. The number of fused-ring (bicyclic) bond motifs is 1. The highest BCUT2D eigenvalue weighted by Crippen LogP contribution is 2.31. The van der Waals surface area contributed by atoms with E-state index < -0.39 is 16.1 Å². The van der Waals surface area contributed by atoms with Gasteiger partial charge in [-0.3, -0.25) is 4.79 Å². The fraction of sp³-hybridized carbons (Fsp3) is 0.240. The number of carbonyl (C=O) groups is 1. The lowest BCUT2D eigenvalue weighted by Crippen LogP contribution is -2.44. The molecule has 176 valence electrons. The van der Waals surface area contributed by atoms with E-state index in [1.54, 1.807) is 41.5 Å². The fourth-order valence-corrected chi connectivity index (χ4v) is 7.26. The van der Waals surface area contributed by atoms with Gasteiger partial charge in [-0.25, -0.2) is 8.42 Å². The summed E-state index contributed by atoms with van der Waals surface area (Å²) in [5.41, 5.74) is 1.94. The largest absolute Gasteiger partial charge is 0.497 e. The number of hydrogen-bond acceptors (Lipinski definition) is 6. The van der Waals surface area contributed by atoms with Gasteiger partial charge in [0.15, 0.2) is 0 Å². The molecule has 0 saturated carbocycles. The predicted octanol–water partition coefficient (Wildman–Crippen LogP) is 4.96. The third-order valence-corrected chi connectivity index (χ3v) is 9.43. The minimum absolute atomic E-state index is 0.146. The van der Waals surface area contributed by atoms with Crippen molar-refractivity contribution in [2.45, 2.75) is 30.4 Å². The minimum Gasteiger partial charge on any atom is -0.497 e. The van der Waals surface area contributed by atoms with Crippen molar-refractivity contribution in [2.75, 3.05) is 13.7 Å². The molecule has 0 bridgehead atoms. The van der Waals surface area contributed by atoms with Crippen LogP contribution >= 0.6 is 22.7 Å². The Bertz CT molecular complexity index is 1400. The lowest BCUT2D eigenvalue weighted by Gasteiger charge is -2.27. The molecule has 4 aromatic rings. The SMILES string of the molecule is COc1ccc2ccc(S(=O)(=O)N(Cc3ccsc3)[C@H]3CCN(Cc4ccsc4)C3=O)cc2c1. The Labute approximate surface area is 207 Å². The first kappa shape index (κ1) is 23.0. The Balaban J connectivity index is 1.50. The summed E-state index contributed by atoms with van der Waals surface area (Å²) in [7, 11) is -2.36. The Morgan fingerprint density at radius 3 is 2.44 bits per heavy atom. The van der Waals surface area contributed by atoms with Crippen LogP contribution in [0.25, 0.3) is 10.8 Å². The van der Waals surface area contributed by atoms with Gasteiger partial charge in [0.2, 0.25) is 15.9 Å². The van der Waals surface area contributed by atoms with Gasteiger partial charge in [0.25, 0.3) is 0 Å². The van der Waals surface area contributed by atoms with E-state index in [1.807, 2.05) is 51.9 Å². The monoisotopic (exact) mass is 512 g/mol. The van der Waals surface area contributed by atoms with Crippen molar-refractivity contribution in [1.82, 2.24) is 9.21 Å². The van der Waals surface area contributed by atoms with Gasteiger partial charge >= 0.3 is 0 Å². The number of benzene rings is 2. The Hall–Kier alpha value is -2.72. The fourth-order valence-electron chi connectivity index (χ4n) is 4.30. The van der Waals surface area contributed by atoms with Gasteiger partial charge in [0, 0.05) is 19.6 Å². The molecule has 6 nitrogen and oxygen atoms in total. The van der Waals surface area contributed by atoms with Crippen molar-refractivity contribution in [2.24, 2.45) is 0 Å². The van der Waals surface area contributed by atoms with Crippen LogP contribution < -0.4 is 4.74 Å². The number of likely N-dealkylation sites (tertiary alicyclic amines) is 1. The normalized spacial score (nSPS) is 16.6. The first-order valence-corrected chi connectivity index (χ1v) is 14.2. The van der Waals surface area contributed by atoms with Crippen LogP contribution in [-0.4, -0.2) is 43.2 Å². The molecule has 1 atom stereocenters. The van der Waals surface area contributed by atoms with Crippen LogP contribution in [0, 0.1) is 0 Å². The second-order valence-corrected chi connectivity index (χ2v) is 11.7. The summed E-state index contributed by atoms with van der Waals surface area (Å²) in [6, 6.07) is 13.8. The molecule has 1 aliphatic heterocycles. The highest BCUT2D eigenvalue weighted by molar-refractivity contribution is 7.89. The van der Waals surface area contributed by atoms with Crippen molar-refractivity contribution < 1.29 is 17.9 Å². The van der Waals surface area contributed by atoms with Gasteiger partial charge in [-0.15, -0.1) is 0 Å². The first-order chi connectivity index (χ1) is 16.5. The van der Waals surface area contributed by atoms with E-state index in [1.165, 1.54) is 15.6 Å². The number of thiophene rings is 2. The molecule has 5 rings (SSSR count). The van der Waals surface area contributed by atoms with E-state index in [0.29, 0.717) is 25.3 Å². The first-order valence-electron chi connectivity index (χ1n) is 10.9. The highest BCUT2D eigenvalue weighted by Gasteiger charge is 2.42. The summed E-state index contributed by atoms with van der Waals surface area (Å²) in [4.78, 5) is 15.3. The average molecular weight is 513 g/mol. The molecule has 1 aliphatic rings. The molecule has 1 amide bonds. The lowest BCUT2D eigenvalue weighted by atomic mass is 10.1. The number of ether oxygens (including phenoxy) is 1. The molecular formula is C25H24N2O4S3. The zero-order chi connectivity index (χ0) is 23.7. The summed E-state index contributed by atoms with van der Waals surface area (Å²) in [6.45, 7) is 1.19. The van der Waals surface area contributed by atoms with Crippen molar-refractivity contribution >= 4 is 49.4 Å². The quantitative estimate of drug-likeness (QED) is 0.335. The number of rotatable bonds is 8. The number of methoxy groups -OCH3 is 1. The maximum Gasteiger partial charge on any atom is 0.244 e. The van der Waals surface area contributed by atoms with Gasteiger partial charge in [0.1, 0.15) is 11.8 Å². The van der Waals surface area contributed by atoms with E-state index in [4.69, 9.17) is 4.74 Å². The van der Waals surface area contributed by atoms with Crippen LogP contribution in [0.4, 0.5) is 0 Å². The number of sulfonamides is 1. The number of nitrogens with zero attached hydrogens (tertiary/aromatic N) is 2. The maximum atomic E-state index is 13.9. The third kappa shape index (κ3) is 4.48. The predicted molar refractivity (Wildman–Crippen MR) is 136 cm³/mol. The molecule has 3 heterocycles. The number of hydrogen-bond donors (Lipinski definition) is 0. The van der Waals surface area contributed by atoms with Crippen LogP contribution in [0.15, 0.2) is 74.9 Å². The third-order valence-electron chi connectivity index (χ3n) is 6.11. The molecule has 9 heteroatoms. The summed E-state index contributed by atoms with van der Waals surface area (Å²) in [6.07, 6.45) is 0.466. The van der Waals surface area contributed by atoms with Crippen molar-refractivity contribution in [3.05, 3.63) is 81.2 Å². The van der Waals surface area contributed by atoms with Gasteiger partial charge < -0.3 is 9.64 Å². The van der Waals surface area contributed by atoms with Gasteiger partial charge in [-0.05, 0) is 86.2 Å². The Morgan fingerprint density at radius 1 is 1.00 bits per heavy atom. The molecule has 1 fully saturated rings. The van der Waals surface area contributed by atoms with Gasteiger partial charge in [-0.2, -0.15) is 27.0 Å².